The van der Waals surface area contributed by atoms with Crippen molar-refractivity contribution in [3.05, 3.63) is 29.8 Å². The predicted octanol–water partition coefficient (Wildman–Crippen LogP) is 1.26. The van der Waals surface area contributed by atoms with Gasteiger partial charge in [-0.25, -0.2) is 4.57 Å². The van der Waals surface area contributed by atoms with E-state index in [4.69, 9.17) is 4.89 Å². The first kappa shape index (κ1) is 8.97. The highest BCUT2D eigenvalue weighted by molar-refractivity contribution is 7.32. The van der Waals surface area contributed by atoms with Crippen LogP contribution in [-0.4, -0.2) is 11.2 Å². The van der Waals surface area contributed by atoms with E-state index in [1.807, 2.05) is 0 Å². The molecule has 1 aromatic carbocycles. The fourth-order valence-electron chi connectivity index (χ4n) is 0.752. The van der Waals surface area contributed by atoms with Crippen molar-refractivity contribution < 1.29 is 18.8 Å². The van der Waals surface area contributed by atoms with Crippen LogP contribution in [0.2, 0.25) is 0 Å². The van der Waals surface area contributed by atoms with Crippen LogP contribution in [0.3, 0.4) is 0 Å². The van der Waals surface area contributed by atoms with Gasteiger partial charge in [0.2, 0.25) is 0 Å². The lowest BCUT2D eigenvalue weighted by molar-refractivity contribution is 0.112. The molecule has 0 saturated heterocycles. The highest BCUT2D eigenvalue weighted by Gasteiger charge is 1.97. The van der Waals surface area contributed by atoms with Gasteiger partial charge in [0.1, 0.15) is 12.0 Å². The number of carbonyl (C=O) groups is 1. The Morgan fingerprint density at radius 1 is 1.50 bits per heavy atom. The number of benzene rings is 1. The summed E-state index contributed by atoms with van der Waals surface area (Å²) in [4.78, 5) is 18.7. The Morgan fingerprint density at radius 2 is 2.25 bits per heavy atom. The largest absolute Gasteiger partial charge is 0.426 e. The maximum Gasteiger partial charge on any atom is 0.365 e. The minimum absolute atomic E-state index is 0.228. The molecular formula is C7H7O4P. The minimum Gasteiger partial charge on any atom is -0.426 e. The Morgan fingerprint density at radius 3 is 2.83 bits per heavy atom. The quantitative estimate of drug-likeness (QED) is 0.570. The van der Waals surface area contributed by atoms with Crippen molar-refractivity contribution >= 4 is 14.5 Å². The van der Waals surface area contributed by atoms with Gasteiger partial charge in [0.25, 0.3) is 0 Å². The standard InChI is InChI=1S/C7H7O4P/c8-5-6-2-1-3-7(4-6)11-12(9)10/h1-5,12H,(H,9,10). The third-order valence-electron chi connectivity index (χ3n) is 1.20. The van der Waals surface area contributed by atoms with Crippen molar-refractivity contribution in [2.24, 2.45) is 0 Å². The number of rotatable bonds is 3. The zero-order valence-electron chi connectivity index (χ0n) is 6.06. The van der Waals surface area contributed by atoms with Gasteiger partial charge in [-0.3, -0.25) is 4.79 Å². The number of hydrogen-bond acceptors (Lipinski definition) is 3. The molecule has 0 aliphatic rings. The molecular weight excluding hydrogens is 179 g/mol. The van der Waals surface area contributed by atoms with Crippen LogP contribution < -0.4 is 4.52 Å². The van der Waals surface area contributed by atoms with Gasteiger partial charge in [-0.2, -0.15) is 0 Å². The molecule has 0 aromatic heterocycles. The van der Waals surface area contributed by atoms with Crippen LogP contribution in [0.1, 0.15) is 10.4 Å². The molecule has 1 N–H and O–H groups in total. The van der Waals surface area contributed by atoms with Gasteiger partial charge in [-0.1, -0.05) is 12.1 Å². The first-order valence-electron chi connectivity index (χ1n) is 3.18. The maximum absolute atomic E-state index is 10.3. The van der Waals surface area contributed by atoms with E-state index in [-0.39, 0.29) is 5.75 Å². The molecule has 1 atom stereocenters. The summed E-state index contributed by atoms with van der Waals surface area (Å²) in [5.74, 6) is 0.228. The summed E-state index contributed by atoms with van der Waals surface area (Å²) in [6.07, 6.45) is 0.640. The monoisotopic (exact) mass is 186 g/mol. The van der Waals surface area contributed by atoms with E-state index in [0.717, 1.165) is 0 Å². The SMILES string of the molecule is O=Cc1cccc(O[PH](=O)O)c1. The maximum atomic E-state index is 10.3. The second kappa shape index (κ2) is 4.04. The van der Waals surface area contributed by atoms with Gasteiger partial charge in [0.05, 0.1) is 0 Å². The molecule has 1 aromatic rings. The van der Waals surface area contributed by atoms with Crippen LogP contribution in [-0.2, 0) is 4.57 Å². The summed E-state index contributed by atoms with van der Waals surface area (Å²) in [6, 6.07) is 6.05. The second-order valence-corrected chi connectivity index (χ2v) is 2.79. The predicted molar refractivity (Wildman–Crippen MR) is 43.7 cm³/mol. The van der Waals surface area contributed by atoms with E-state index in [1.165, 1.54) is 12.1 Å². The molecule has 64 valence electrons. The van der Waals surface area contributed by atoms with Crippen LogP contribution in [0.4, 0.5) is 0 Å². The van der Waals surface area contributed by atoms with E-state index in [0.29, 0.717) is 11.8 Å². The van der Waals surface area contributed by atoms with Crippen molar-refractivity contribution in [3.8, 4) is 5.75 Å². The molecule has 0 radical (unpaired) electrons. The van der Waals surface area contributed by atoms with Crippen LogP contribution in [0.15, 0.2) is 24.3 Å². The molecule has 0 saturated carbocycles. The Kier molecular flexibility index (Phi) is 3.02. The van der Waals surface area contributed by atoms with Crippen molar-refractivity contribution in [1.82, 2.24) is 0 Å². The van der Waals surface area contributed by atoms with Crippen molar-refractivity contribution in [3.63, 3.8) is 0 Å². The molecule has 12 heavy (non-hydrogen) atoms. The number of aldehydes is 1. The normalized spacial score (nSPS) is 12.1. The van der Waals surface area contributed by atoms with Crippen LogP contribution >= 0.6 is 8.25 Å². The zero-order chi connectivity index (χ0) is 8.97. The van der Waals surface area contributed by atoms with E-state index in [9.17, 15) is 9.36 Å². The first-order valence-corrected chi connectivity index (χ1v) is 4.45. The summed E-state index contributed by atoms with van der Waals surface area (Å²) in [5, 5.41) is 0. The molecule has 0 aliphatic heterocycles. The average molecular weight is 186 g/mol. The summed E-state index contributed by atoms with van der Waals surface area (Å²) in [5.41, 5.74) is 0.413. The molecule has 0 heterocycles. The highest BCUT2D eigenvalue weighted by Crippen LogP contribution is 2.22. The Hall–Kier alpha value is -1.12. The third kappa shape index (κ3) is 2.49. The molecule has 1 unspecified atom stereocenters. The molecule has 0 bridgehead atoms. The lowest BCUT2D eigenvalue weighted by Gasteiger charge is -2.00. The van der Waals surface area contributed by atoms with Gasteiger partial charge in [-0.05, 0) is 12.1 Å². The van der Waals surface area contributed by atoms with Gasteiger partial charge in [0, 0.05) is 5.56 Å². The third-order valence-corrected chi connectivity index (χ3v) is 1.61. The summed E-state index contributed by atoms with van der Waals surface area (Å²) < 4.78 is 14.7. The molecule has 5 heteroatoms. The van der Waals surface area contributed by atoms with Gasteiger partial charge >= 0.3 is 8.25 Å². The van der Waals surface area contributed by atoms with Crippen molar-refractivity contribution in [2.45, 2.75) is 0 Å². The number of carbonyl (C=O) groups excluding carboxylic acids is 1. The topological polar surface area (TPSA) is 63.6 Å². The summed E-state index contributed by atoms with van der Waals surface area (Å²) in [6.45, 7) is 0. The van der Waals surface area contributed by atoms with E-state index >= 15 is 0 Å². The second-order valence-electron chi connectivity index (χ2n) is 2.06. The van der Waals surface area contributed by atoms with E-state index in [1.54, 1.807) is 12.1 Å². The van der Waals surface area contributed by atoms with Crippen molar-refractivity contribution in [2.75, 3.05) is 0 Å². The van der Waals surface area contributed by atoms with Crippen molar-refractivity contribution in [1.29, 1.82) is 0 Å². The fourth-order valence-corrected chi connectivity index (χ4v) is 1.08. The smallest absolute Gasteiger partial charge is 0.365 e. The van der Waals surface area contributed by atoms with Gasteiger partial charge < -0.3 is 9.42 Å². The van der Waals surface area contributed by atoms with Crippen LogP contribution in [0, 0.1) is 0 Å². The fraction of sp³-hybridized carbons (Fsp3) is 0. The van der Waals surface area contributed by atoms with E-state index in [2.05, 4.69) is 4.52 Å². The van der Waals surface area contributed by atoms with Crippen LogP contribution in [0.25, 0.3) is 0 Å². The lowest BCUT2D eigenvalue weighted by atomic mass is 10.2. The van der Waals surface area contributed by atoms with E-state index < -0.39 is 8.25 Å². The molecule has 0 aliphatic carbocycles. The molecule has 0 amide bonds. The lowest BCUT2D eigenvalue weighted by Crippen LogP contribution is -1.83. The van der Waals surface area contributed by atoms with Gasteiger partial charge in [-0.15, -0.1) is 0 Å². The van der Waals surface area contributed by atoms with Gasteiger partial charge in [0.15, 0.2) is 0 Å². The average Bonchev–Trinajstić information content (AvgIpc) is 2.03. The highest BCUT2D eigenvalue weighted by atomic mass is 31.1. The first-order chi connectivity index (χ1) is 5.72. The Balaban J connectivity index is 2.86. The number of hydrogen-bond donors (Lipinski definition) is 1. The Bertz CT molecular complexity index is 310. The molecule has 4 nitrogen and oxygen atoms in total. The zero-order valence-corrected chi connectivity index (χ0v) is 7.06. The summed E-state index contributed by atoms with van der Waals surface area (Å²) in [7, 11) is -2.98. The molecule has 0 fully saturated rings. The van der Waals surface area contributed by atoms with Crippen LogP contribution in [0.5, 0.6) is 5.75 Å². The Labute approximate surface area is 69.7 Å². The molecule has 1 rings (SSSR count). The molecule has 0 spiro atoms. The minimum atomic E-state index is -2.98. The summed E-state index contributed by atoms with van der Waals surface area (Å²) >= 11 is 0.